The number of thiophene rings is 1. The average Bonchev–Trinajstić information content (AvgIpc) is 3.06. The van der Waals surface area contributed by atoms with Gasteiger partial charge in [-0.2, -0.15) is 0 Å². The molecule has 6 nitrogen and oxygen atoms in total. The van der Waals surface area contributed by atoms with Gasteiger partial charge in [0.2, 0.25) is 0 Å². The van der Waals surface area contributed by atoms with E-state index >= 15 is 0 Å². The number of carbonyl (C=O) groups excluding carboxylic acids is 2. The molecule has 3 aromatic rings. The molecule has 0 aliphatic carbocycles. The number of hydrogen-bond donors (Lipinski definition) is 1. The Morgan fingerprint density at radius 2 is 2.37 bits per heavy atom. The number of rotatable bonds is 3. The summed E-state index contributed by atoms with van der Waals surface area (Å²) in [6.45, 7) is -0.133. The zero-order chi connectivity index (χ0) is 13.4. The van der Waals surface area contributed by atoms with Crippen LogP contribution in [0.3, 0.4) is 0 Å². The molecule has 0 unspecified atom stereocenters. The largest absolute Gasteiger partial charge is 0.468 e. The molecule has 3 aromatic heterocycles. The van der Waals surface area contributed by atoms with Crippen molar-refractivity contribution in [2.45, 2.75) is 0 Å². The van der Waals surface area contributed by atoms with Crippen LogP contribution in [0.15, 0.2) is 17.6 Å². The van der Waals surface area contributed by atoms with Crippen LogP contribution in [0.2, 0.25) is 0 Å². The van der Waals surface area contributed by atoms with E-state index in [0.717, 1.165) is 15.3 Å². The Hall–Kier alpha value is -1.93. The minimum absolute atomic E-state index is 0.133. The van der Waals surface area contributed by atoms with Gasteiger partial charge < -0.3 is 10.1 Å². The van der Waals surface area contributed by atoms with Crippen LogP contribution >= 0.6 is 22.7 Å². The molecule has 98 valence electrons. The van der Waals surface area contributed by atoms with Gasteiger partial charge in [-0.3, -0.25) is 14.0 Å². The third-order valence-corrected chi connectivity index (χ3v) is 4.36. The first-order valence-corrected chi connectivity index (χ1v) is 7.09. The third kappa shape index (κ3) is 2.08. The molecule has 0 spiro atoms. The maximum atomic E-state index is 11.9. The van der Waals surface area contributed by atoms with Crippen LogP contribution in [0, 0.1) is 0 Å². The predicted molar refractivity (Wildman–Crippen MR) is 72.8 cm³/mol. The second kappa shape index (κ2) is 4.63. The Kier molecular flexibility index (Phi) is 2.96. The topological polar surface area (TPSA) is 72.7 Å². The van der Waals surface area contributed by atoms with Gasteiger partial charge in [0, 0.05) is 11.6 Å². The van der Waals surface area contributed by atoms with Crippen LogP contribution in [0.1, 0.15) is 9.67 Å². The fraction of sp³-hybridized carbons (Fsp3) is 0.182. The lowest BCUT2D eigenvalue weighted by Crippen LogP contribution is -2.29. The quantitative estimate of drug-likeness (QED) is 0.743. The Morgan fingerprint density at radius 1 is 1.53 bits per heavy atom. The summed E-state index contributed by atoms with van der Waals surface area (Å²) in [5, 5.41) is 4.45. The van der Waals surface area contributed by atoms with Crippen molar-refractivity contribution in [2.24, 2.45) is 0 Å². The van der Waals surface area contributed by atoms with Crippen molar-refractivity contribution in [2.75, 3.05) is 13.7 Å². The van der Waals surface area contributed by atoms with E-state index in [4.69, 9.17) is 0 Å². The fourth-order valence-electron chi connectivity index (χ4n) is 1.67. The Morgan fingerprint density at radius 3 is 3.16 bits per heavy atom. The molecule has 8 heteroatoms. The van der Waals surface area contributed by atoms with Crippen LogP contribution in [-0.4, -0.2) is 34.9 Å². The number of methoxy groups -OCH3 is 1. The second-order valence-electron chi connectivity index (χ2n) is 3.73. The molecular weight excluding hydrogens is 286 g/mol. The van der Waals surface area contributed by atoms with Crippen molar-refractivity contribution in [3.8, 4) is 0 Å². The van der Waals surface area contributed by atoms with Gasteiger partial charge in [0.1, 0.15) is 11.4 Å². The van der Waals surface area contributed by atoms with Gasteiger partial charge in [-0.05, 0) is 6.07 Å². The van der Waals surface area contributed by atoms with E-state index < -0.39 is 5.97 Å². The van der Waals surface area contributed by atoms with E-state index in [2.05, 4.69) is 15.0 Å². The number of imidazole rings is 1. The first-order valence-electron chi connectivity index (χ1n) is 5.39. The number of ether oxygens (including phenoxy) is 1. The number of amides is 1. The van der Waals surface area contributed by atoms with E-state index in [-0.39, 0.29) is 12.5 Å². The van der Waals surface area contributed by atoms with Gasteiger partial charge >= 0.3 is 5.97 Å². The SMILES string of the molecule is COC(=O)CNC(=O)c1cc2c(nc3sccn32)s1. The maximum absolute atomic E-state index is 11.9. The Balaban J connectivity index is 1.86. The first-order chi connectivity index (χ1) is 9.19. The van der Waals surface area contributed by atoms with Crippen molar-refractivity contribution in [3.05, 3.63) is 22.5 Å². The van der Waals surface area contributed by atoms with Crippen molar-refractivity contribution in [1.82, 2.24) is 14.7 Å². The van der Waals surface area contributed by atoms with Gasteiger partial charge in [-0.15, -0.1) is 22.7 Å². The number of carbonyl (C=O) groups is 2. The van der Waals surface area contributed by atoms with Gasteiger partial charge in [0.15, 0.2) is 4.96 Å². The van der Waals surface area contributed by atoms with E-state index in [9.17, 15) is 9.59 Å². The molecule has 0 fully saturated rings. The summed E-state index contributed by atoms with van der Waals surface area (Å²) in [6, 6.07) is 1.78. The summed E-state index contributed by atoms with van der Waals surface area (Å²) < 4.78 is 6.40. The van der Waals surface area contributed by atoms with Gasteiger partial charge in [0.25, 0.3) is 5.91 Å². The monoisotopic (exact) mass is 295 g/mol. The molecule has 0 aliphatic heterocycles. The highest BCUT2D eigenvalue weighted by Crippen LogP contribution is 2.27. The first kappa shape index (κ1) is 12.1. The van der Waals surface area contributed by atoms with Crippen LogP contribution in [0.4, 0.5) is 0 Å². The van der Waals surface area contributed by atoms with E-state index in [1.54, 1.807) is 17.4 Å². The predicted octanol–water partition coefficient (Wildman–Crippen LogP) is 1.51. The molecule has 0 radical (unpaired) electrons. The van der Waals surface area contributed by atoms with Crippen LogP contribution in [0.25, 0.3) is 15.3 Å². The standard InChI is InChI=1S/C11H9N3O3S2/c1-17-8(15)5-12-9(16)7-4-6-10(19-7)13-11-14(6)2-3-18-11/h2-4H,5H2,1H3,(H,12,16). The zero-order valence-corrected chi connectivity index (χ0v) is 11.5. The minimum Gasteiger partial charge on any atom is -0.468 e. The van der Waals surface area contributed by atoms with Gasteiger partial charge in [-0.1, -0.05) is 0 Å². The number of nitrogens with one attached hydrogen (secondary N) is 1. The minimum atomic E-state index is -0.475. The highest BCUT2D eigenvalue weighted by Gasteiger charge is 2.15. The highest BCUT2D eigenvalue weighted by molar-refractivity contribution is 7.21. The number of fused-ring (bicyclic) bond motifs is 3. The molecule has 1 amide bonds. The lowest BCUT2D eigenvalue weighted by Gasteiger charge is -2.00. The zero-order valence-electron chi connectivity index (χ0n) is 9.87. The highest BCUT2D eigenvalue weighted by atomic mass is 32.1. The molecule has 1 N–H and O–H groups in total. The molecule has 0 atom stereocenters. The summed E-state index contributed by atoms with van der Waals surface area (Å²) in [4.78, 5) is 29.5. The summed E-state index contributed by atoms with van der Waals surface area (Å²) in [5.74, 6) is -0.769. The number of thiazole rings is 1. The van der Waals surface area contributed by atoms with Crippen molar-refractivity contribution < 1.29 is 14.3 Å². The summed E-state index contributed by atoms with van der Waals surface area (Å²) >= 11 is 2.85. The smallest absolute Gasteiger partial charge is 0.325 e. The molecule has 0 aliphatic rings. The van der Waals surface area contributed by atoms with Gasteiger partial charge in [-0.25, -0.2) is 4.98 Å². The van der Waals surface area contributed by atoms with Crippen molar-refractivity contribution in [3.63, 3.8) is 0 Å². The number of aromatic nitrogens is 2. The van der Waals surface area contributed by atoms with E-state index in [1.807, 2.05) is 16.0 Å². The molecule has 0 bridgehead atoms. The van der Waals surface area contributed by atoms with Crippen molar-refractivity contribution in [1.29, 1.82) is 0 Å². The summed E-state index contributed by atoms with van der Waals surface area (Å²) in [7, 11) is 1.28. The Bertz CT molecular complexity index is 771. The molecule has 3 heterocycles. The molecular formula is C11H9N3O3S2. The lowest BCUT2D eigenvalue weighted by molar-refractivity contribution is -0.139. The van der Waals surface area contributed by atoms with Crippen molar-refractivity contribution >= 4 is 49.9 Å². The summed E-state index contributed by atoms with van der Waals surface area (Å²) in [6.07, 6.45) is 1.91. The normalized spacial score (nSPS) is 11.0. The lowest BCUT2D eigenvalue weighted by atomic mass is 10.4. The third-order valence-electron chi connectivity index (χ3n) is 2.58. The number of esters is 1. The number of nitrogens with zero attached hydrogens (tertiary/aromatic N) is 2. The molecule has 19 heavy (non-hydrogen) atoms. The molecule has 0 saturated carbocycles. The van der Waals surface area contributed by atoms with Crippen LogP contribution in [0.5, 0.6) is 0 Å². The van der Waals surface area contributed by atoms with Gasteiger partial charge in [0.05, 0.1) is 17.5 Å². The Labute approximate surface area is 115 Å². The molecule has 0 saturated heterocycles. The second-order valence-corrected chi connectivity index (χ2v) is 5.63. The molecule has 3 rings (SSSR count). The van der Waals surface area contributed by atoms with E-state index in [0.29, 0.717) is 4.88 Å². The van der Waals surface area contributed by atoms with E-state index in [1.165, 1.54) is 18.4 Å². The number of hydrogen-bond acceptors (Lipinski definition) is 6. The van der Waals surface area contributed by atoms with Crippen LogP contribution < -0.4 is 5.32 Å². The summed E-state index contributed by atoms with van der Waals surface area (Å²) in [5.41, 5.74) is 0.907. The average molecular weight is 295 g/mol. The maximum Gasteiger partial charge on any atom is 0.325 e. The van der Waals surface area contributed by atoms with Crippen LogP contribution in [-0.2, 0) is 9.53 Å². The fourth-order valence-corrected chi connectivity index (χ4v) is 3.39. The molecule has 0 aromatic carbocycles.